The van der Waals surface area contributed by atoms with Gasteiger partial charge in [0.1, 0.15) is 12.6 Å². The van der Waals surface area contributed by atoms with Gasteiger partial charge in [-0.15, -0.1) is 0 Å². The van der Waals surface area contributed by atoms with Gasteiger partial charge in [0, 0.05) is 23.1 Å². The molecule has 0 saturated heterocycles. The van der Waals surface area contributed by atoms with Gasteiger partial charge in [-0.3, -0.25) is 13.9 Å². The van der Waals surface area contributed by atoms with E-state index in [1.165, 1.54) is 17.0 Å². The molecule has 0 fully saturated rings. The highest BCUT2D eigenvalue weighted by Gasteiger charge is 2.34. The number of hydrogen-bond acceptors (Lipinski definition) is 4. The topological polar surface area (TPSA) is 86.8 Å². The van der Waals surface area contributed by atoms with Gasteiger partial charge >= 0.3 is 0 Å². The number of sulfonamides is 1. The van der Waals surface area contributed by atoms with Crippen molar-refractivity contribution >= 4 is 50.7 Å². The number of anilines is 1. The molecule has 7 nitrogen and oxygen atoms in total. The fourth-order valence-electron chi connectivity index (χ4n) is 4.45. The van der Waals surface area contributed by atoms with Crippen molar-refractivity contribution in [1.29, 1.82) is 0 Å². The molecule has 10 heteroatoms. The Balaban J connectivity index is 2.07. The van der Waals surface area contributed by atoms with Crippen molar-refractivity contribution in [2.24, 2.45) is 5.92 Å². The first kappa shape index (κ1) is 33.4. The van der Waals surface area contributed by atoms with Crippen molar-refractivity contribution in [1.82, 2.24) is 10.2 Å². The summed E-state index contributed by atoms with van der Waals surface area (Å²) in [6.45, 7) is 9.79. The lowest BCUT2D eigenvalue weighted by Crippen LogP contribution is -2.52. The molecule has 1 unspecified atom stereocenters. The van der Waals surface area contributed by atoms with E-state index in [9.17, 15) is 18.0 Å². The van der Waals surface area contributed by atoms with Crippen LogP contribution in [0.1, 0.15) is 58.1 Å². The van der Waals surface area contributed by atoms with Crippen LogP contribution < -0.4 is 9.62 Å². The fourth-order valence-corrected chi connectivity index (χ4v) is 6.35. The standard InChI is InChI=1S/C32H39Cl2N3O4S/c1-6-30(32(39)35-19-22(2)3)36(20-25-12-15-26(33)18-29(25)34)31(38)21-37(27-16-13-24(14-17-27)23(4)5)42(40,41)28-10-8-7-9-11-28/h7-18,22-23,30H,6,19-21H2,1-5H3,(H,35,39). The molecule has 3 aromatic rings. The molecule has 42 heavy (non-hydrogen) atoms. The van der Waals surface area contributed by atoms with Gasteiger partial charge in [-0.25, -0.2) is 8.42 Å². The predicted molar refractivity (Wildman–Crippen MR) is 170 cm³/mol. The smallest absolute Gasteiger partial charge is 0.264 e. The Bertz CT molecular complexity index is 1460. The maximum absolute atomic E-state index is 14.2. The van der Waals surface area contributed by atoms with Crippen LogP contribution in [0.5, 0.6) is 0 Å². The summed E-state index contributed by atoms with van der Waals surface area (Å²) in [6, 6.07) is 19.2. The predicted octanol–water partition coefficient (Wildman–Crippen LogP) is 6.89. The zero-order chi connectivity index (χ0) is 31.0. The van der Waals surface area contributed by atoms with E-state index >= 15 is 0 Å². The highest BCUT2D eigenvalue weighted by molar-refractivity contribution is 7.92. The van der Waals surface area contributed by atoms with Crippen LogP contribution >= 0.6 is 23.2 Å². The molecular formula is C32H39Cl2N3O4S. The van der Waals surface area contributed by atoms with Gasteiger partial charge in [0.25, 0.3) is 10.0 Å². The highest BCUT2D eigenvalue weighted by Crippen LogP contribution is 2.28. The maximum Gasteiger partial charge on any atom is 0.264 e. The minimum atomic E-state index is -4.13. The minimum Gasteiger partial charge on any atom is -0.354 e. The summed E-state index contributed by atoms with van der Waals surface area (Å²) in [5.74, 6) is -0.404. The molecule has 0 aliphatic heterocycles. The molecular weight excluding hydrogens is 593 g/mol. The molecule has 0 heterocycles. The highest BCUT2D eigenvalue weighted by atomic mass is 35.5. The number of benzene rings is 3. The summed E-state index contributed by atoms with van der Waals surface area (Å²) < 4.78 is 29.0. The zero-order valence-corrected chi connectivity index (χ0v) is 27.0. The van der Waals surface area contributed by atoms with E-state index in [4.69, 9.17) is 23.2 Å². The van der Waals surface area contributed by atoms with E-state index in [0.717, 1.165) is 9.87 Å². The quantitative estimate of drug-likeness (QED) is 0.222. The van der Waals surface area contributed by atoms with E-state index in [1.807, 2.05) is 46.8 Å². The fraction of sp³-hybridized carbons (Fsp3) is 0.375. The number of nitrogens with one attached hydrogen (secondary N) is 1. The van der Waals surface area contributed by atoms with Crippen LogP contribution in [-0.4, -0.2) is 44.3 Å². The Morgan fingerprint density at radius 3 is 2.10 bits per heavy atom. The van der Waals surface area contributed by atoms with Gasteiger partial charge in [0.05, 0.1) is 10.6 Å². The summed E-state index contributed by atoms with van der Waals surface area (Å²) in [7, 11) is -4.13. The molecule has 0 aromatic heterocycles. The Morgan fingerprint density at radius 2 is 1.55 bits per heavy atom. The largest absolute Gasteiger partial charge is 0.354 e. The van der Waals surface area contributed by atoms with E-state index in [1.54, 1.807) is 48.5 Å². The second-order valence-corrected chi connectivity index (χ2v) is 13.6. The molecule has 3 rings (SSSR count). The molecule has 1 N–H and O–H groups in total. The number of carbonyl (C=O) groups excluding carboxylic acids is 2. The normalized spacial score (nSPS) is 12.3. The number of carbonyl (C=O) groups is 2. The lowest BCUT2D eigenvalue weighted by atomic mass is 10.0. The monoisotopic (exact) mass is 631 g/mol. The molecule has 0 radical (unpaired) electrons. The van der Waals surface area contributed by atoms with Crippen LogP contribution in [-0.2, 0) is 26.2 Å². The van der Waals surface area contributed by atoms with Gasteiger partial charge in [0.2, 0.25) is 11.8 Å². The first-order chi connectivity index (χ1) is 19.8. The van der Waals surface area contributed by atoms with Gasteiger partial charge in [-0.1, -0.05) is 94.2 Å². The van der Waals surface area contributed by atoms with Crippen molar-refractivity contribution in [3.63, 3.8) is 0 Å². The second kappa shape index (κ2) is 14.9. The molecule has 3 aromatic carbocycles. The lowest BCUT2D eigenvalue weighted by molar-refractivity contribution is -0.140. The van der Waals surface area contributed by atoms with Crippen LogP contribution in [0, 0.1) is 5.92 Å². The van der Waals surface area contributed by atoms with Crippen LogP contribution in [0.25, 0.3) is 0 Å². The van der Waals surface area contributed by atoms with Crippen molar-refractivity contribution in [2.45, 2.75) is 64.4 Å². The van der Waals surface area contributed by atoms with Crippen LogP contribution in [0.4, 0.5) is 5.69 Å². The maximum atomic E-state index is 14.2. The molecule has 0 spiro atoms. The number of rotatable bonds is 13. The molecule has 0 saturated carbocycles. The summed E-state index contributed by atoms with van der Waals surface area (Å²) in [6.07, 6.45) is 0.315. The third kappa shape index (κ3) is 8.49. The van der Waals surface area contributed by atoms with E-state index < -0.39 is 28.5 Å². The van der Waals surface area contributed by atoms with Gasteiger partial charge in [0.15, 0.2) is 0 Å². The summed E-state index contributed by atoms with van der Waals surface area (Å²) in [5.41, 5.74) is 1.97. The van der Waals surface area contributed by atoms with Crippen molar-refractivity contribution in [3.05, 3.63) is 94.0 Å². The van der Waals surface area contributed by atoms with Crippen LogP contribution in [0.3, 0.4) is 0 Å². The SMILES string of the molecule is CCC(C(=O)NCC(C)C)N(Cc1ccc(Cl)cc1Cl)C(=O)CN(c1ccc(C(C)C)cc1)S(=O)(=O)c1ccccc1. The van der Waals surface area contributed by atoms with Crippen molar-refractivity contribution in [3.8, 4) is 0 Å². The van der Waals surface area contributed by atoms with Crippen molar-refractivity contribution < 1.29 is 18.0 Å². The van der Waals surface area contributed by atoms with Crippen LogP contribution in [0.15, 0.2) is 77.7 Å². The Labute approximate surface area is 259 Å². The third-order valence-electron chi connectivity index (χ3n) is 6.88. The van der Waals surface area contributed by atoms with Gasteiger partial charge in [-0.05, 0) is 65.8 Å². The summed E-state index contributed by atoms with van der Waals surface area (Å²) >= 11 is 12.6. The molecule has 226 valence electrons. The Morgan fingerprint density at radius 1 is 0.905 bits per heavy atom. The second-order valence-electron chi connectivity index (χ2n) is 10.9. The van der Waals surface area contributed by atoms with E-state index in [-0.39, 0.29) is 29.2 Å². The summed E-state index contributed by atoms with van der Waals surface area (Å²) in [5, 5.41) is 3.70. The Kier molecular flexibility index (Phi) is 11.9. The van der Waals surface area contributed by atoms with Gasteiger partial charge in [-0.2, -0.15) is 0 Å². The molecule has 0 bridgehead atoms. The Hall–Kier alpha value is -3.07. The average Bonchev–Trinajstić information content (AvgIpc) is 2.96. The number of hydrogen-bond donors (Lipinski definition) is 1. The number of halogens is 2. The van der Waals surface area contributed by atoms with Crippen LogP contribution in [0.2, 0.25) is 10.0 Å². The summed E-state index contributed by atoms with van der Waals surface area (Å²) in [4.78, 5) is 29.0. The third-order valence-corrected chi connectivity index (χ3v) is 9.26. The van der Waals surface area contributed by atoms with E-state index in [0.29, 0.717) is 34.3 Å². The minimum absolute atomic E-state index is 0.00600. The van der Waals surface area contributed by atoms with E-state index in [2.05, 4.69) is 5.32 Å². The first-order valence-electron chi connectivity index (χ1n) is 14.0. The lowest BCUT2D eigenvalue weighted by Gasteiger charge is -2.33. The van der Waals surface area contributed by atoms with Gasteiger partial charge < -0.3 is 10.2 Å². The molecule has 2 amide bonds. The van der Waals surface area contributed by atoms with Crippen molar-refractivity contribution in [2.75, 3.05) is 17.4 Å². The zero-order valence-electron chi connectivity index (χ0n) is 24.7. The molecule has 0 aliphatic rings. The number of nitrogens with zero attached hydrogens (tertiary/aromatic N) is 2. The molecule has 1 atom stereocenters. The first-order valence-corrected chi connectivity index (χ1v) is 16.2. The average molecular weight is 633 g/mol. The molecule has 0 aliphatic carbocycles. The number of amides is 2.